The highest BCUT2D eigenvalue weighted by Gasteiger charge is 2.05. The highest BCUT2D eigenvalue weighted by Crippen LogP contribution is 2.28. The summed E-state index contributed by atoms with van der Waals surface area (Å²) in [5, 5.41) is 3.14. The molecule has 2 rings (SSSR count). The van der Waals surface area contributed by atoms with Crippen LogP contribution in [0.2, 0.25) is 0 Å². The summed E-state index contributed by atoms with van der Waals surface area (Å²) in [5.74, 6) is 1.73. The van der Waals surface area contributed by atoms with Gasteiger partial charge in [-0.05, 0) is 38.2 Å². The third kappa shape index (κ3) is 3.34. The molecule has 0 amide bonds. The molecule has 0 aliphatic heterocycles. The van der Waals surface area contributed by atoms with E-state index in [1.807, 2.05) is 43.4 Å². The van der Waals surface area contributed by atoms with Gasteiger partial charge in [0.15, 0.2) is 0 Å². The molecule has 0 atom stereocenters. The molecule has 18 heavy (non-hydrogen) atoms. The van der Waals surface area contributed by atoms with Crippen LogP contribution in [0.15, 0.2) is 46.9 Å². The van der Waals surface area contributed by atoms with Gasteiger partial charge in [-0.2, -0.15) is 0 Å². The lowest BCUT2D eigenvalue weighted by atomic mass is 10.2. The van der Waals surface area contributed by atoms with E-state index in [1.54, 1.807) is 0 Å². The second-order valence-corrected chi connectivity index (χ2v) is 5.11. The fourth-order valence-electron chi connectivity index (χ4n) is 1.69. The fraction of sp³-hybridized carbons (Fsp3) is 0.200. The minimum Gasteiger partial charge on any atom is -0.457 e. The Morgan fingerprint density at radius 3 is 2.50 bits per heavy atom. The monoisotopic (exact) mass is 305 g/mol. The Labute approximate surface area is 116 Å². The summed E-state index contributed by atoms with van der Waals surface area (Å²) >= 11 is 3.47. The van der Waals surface area contributed by atoms with Crippen LogP contribution in [-0.4, -0.2) is 7.05 Å². The maximum absolute atomic E-state index is 5.93. The topological polar surface area (TPSA) is 21.3 Å². The van der Waals surface area contributed by atoms with E-state index in [0.29, 0.717) is 0 Å². The van der Waals surface area contributed by atoms with E-state index in [4.69, 9.17) is 4.74 Å². The molecule has 2 aromatic carbocycles. The first-order chi connectivity index (χ1) is 8.69. The van der Waals surface area contributed by atoms with Gasteiger partial charge in [0.05, 0.1) is 0 Å². The van der Waals surface area contributed by atoms with E-state index in [9.17, 15) is 0 Å². The predicted octanol–water partition coefficient (Wildman–Crippen LogP) is 4.27. The van der Waals surface area contributed by atoms with Gasteiger partial charge in [-0.25, -0.2) is 0 Å². The lowest BCUT2D eigenvalue weighted by molar-refractivity contribution is 0.474. The number of ether oxygens (including phenoxy) is 1. The lowest BCUT2D eigenvalue weighted by Gasteiger charge is -2.11. The number of hydrogen-bond donors (Lipinski definition) is 1. The predicted molar refractivity (Wildman–Crippen MR) is 78.2 cm³/mol. The van der Waals surface area contributed by atoms with Crippen molar-refractivity contribution in [3.8, 4) is 11.5 Å². The molecule has 0 spiro atoms. The largest absolute Gasteiger partial charge is 0.457 e. The van der Waals surface area contributed by atoms with Crippen molar-refractivity contribution in [2.45, 2.75) is 13.5 Å². The van der Waals surface area contributed by atoms with Crippen LogP contribution in [0.4, 0.5) is 0 Å². The Hall–Kier alpha value is -1.32. The third-order valence-corrected chi connectivity index (χ3v) is 3.14. The van der Waals surface area contributed by atoms with Gasteiger partial charge >= 0.3 is 0 Å². The van der Waals surface area contributed by atoms with Crippen molar-refractivity contribution in [2.75, 3.05) is 7.05 Å². The number of rotatable bonds is 4. The number of halogens is 1. The maximum Gasteiger partial charge on any atom is 0.133 e. The molecule has 0 aromatic heterocycles. The van der Waals surface area contributed by atoms with Crippen molar-refractivity contribution in [1.82, 2.24) is 5.32 Å². The summed E-state index contributed by atoms with van der Waals surface area (Å²) in [6.45, 7) is 2.85. The molecule has 0 heterocycles. The van der Waals surface area contributed by atoms with E-state index < -0.39 is 0 Å². The second-order valence-electron chi connectivity index (χ2n) is 4.20. The zero-order valence-electron chi connectivity index (χ0n) is 10.5. The van der Waals surface area contributed by atoms with Crippen molar-refractivity contribution in [2.24, 2.45) is 0 Å². The number of nitrogens with one attached hydrogen (secondary N) is 1. The van der Waals surface area contributed by atoms with Crippen LogP contribution >= 0.6 is 15.9 Å². The molecule has 2 nitrogen and oxygen atoms in total. The smallest absolute Gasteiger partial charge is 0.133 e. The van der Waals surface area contributed by atoms with Crippen molar-refractivity contribution in [3.63, 3.8) is 0 Å². The summed E-state index contributed by atoms with van der Waals surface area (Å²) in [4.78, 5) is 0. The molecule has 0 fully saturated rings. The van der Waals surface area contributed by atoms with Crippen LogP contribution in [0.5, 0.6) is 11.5 Å². The van der Waals surface area contributed by atoms with Gasteiger partial charge in [0, 0.05) is 16.6 Å². The van der Waals surface area contributed by atoms with Crippen molar-refractivity contribution >= 4 is 15.9 Å². The number of benzene rings is 2. The van der Waals surface area contributed by atoms with Crippen LogP contribution in [0.3, 0.4) is 0 Å². The van der Waals surface area contributed by atoms with Crippen LogP contribution in [0, 0.1) is 6.92 Å². The Bertz CT molecular complexity index is 523. The minimum absolute atomic E-state index is 0.786. The van der Waals surface area contributed by atoms with E-state index in [0.717, 1.165) is 28.1 Å². The molecule has 1 N–H and O–H groups in total. The zero-order chi connectivity index (χ0) is 13.0. The summed E-state index contributed by atoms with van der Waals surface area (Å²) in [6.07, 6.45) is 0. The van der Waals surface area contributed by atoms with E-state index >= 15 is 0 Å². The Morgan fingerprint density at radius 1 is 1.11 bits per heavy atom. The highest BCUT2D eigenvalue weighted by molar-refractivity contribution is 9.10. The summed E-state index contributed by atoms with van der Waals surface area (Å²) in [7, 11) is 1.93. The lowest BCUT2D eigenvalue weighted by Crippen LogP contribution is -2.06. The summed E-state index contributed by atoms with van der Waals surface area (Å²) in [6, 6.07) is 14.1. The molecule has 94 valence electrons. The van der Waals surface area contributed by atoms with Crippen molar-refractivity contribution in [3.05, 3.63) is 58.1 Å². The van der Waals surface area contributed by atoms with Gasteiger partial charge in [0.2, 0.25) is 0 Å². The average Bonchev–Trinajstić information content (AvgIpc) is 2.36. The summed E-state index contributed by atoms with van der Waals surface area (Å²) < 4.78 is 6.95. The normalized spacial score (nSPS) is 10.4. The van der Waals surface area contributed by atoms with Crippen LogP contribution in [-0.2, 0) is 6.54 Å². The Kier molecular flexibility index (Phi) is 4.39. The van der Waals surface area contributed by atoms with E-state index in [1.165, 1.54) is 5.56 Å². The molecule has 0 saturated heterocycles. The molecule has 0 aliphatic rings. The average molecular weight is 306 g/mol. The maximum atomic E-state index is 5.93. The van der Waals surface area contributed by atoms with Gasteiger partial charge in [0.25, 0.3) is 0 Å². The molecular formula is C15H16BrNO. The Morgan fingerprint density at radius 2 is 1.83 bits per heavy atom. The van der Waals surface area contributed by atoms with Gasteiger partial charge in [-0.3, -0.25) is 0 Å². The quantitative estimate of drug-likeness (QED) is 0.911. The van der Waals surface area contributed by atoms with Crippen LogP contribution < -0.4 is 10.1 Å². The second kappa shape index (κ2) is 6.03. The molecule has 0 aliphatic carbocycles. The molecule has 3 heteroatoms. The number of aryl methyl sites for hydroxylation is 1. The third-order valence-electron chi connectivity index (χ3n) is 2.65. The SMILES string of the molecule is CNCc1ccc(Br)cc1Oc1ccc(C)cc1. The molecule has 0 unspecified atom stereocenters. The van der Waals surface area contributed by atoms with Gasteiger partial charge < -0.3 is 10.1 Å². The van der Waals surface area contributed by atoms with E-state index in [2.05, 4.69) is 34.2 Å². The first-order valence-electron chi connectivity index (χ1n) is 5.86. The van der Waals surface area contributed by atoms with Crippen molar-refractivity contribution in [1.29, 1.82) is 0 Å². The van der Waals surface area contributed by atoms with Crippen LogP contribution in [0.25, 0.3) is 0 Å². The molecular weight excluding hydrogens is 290 g/mol. The standard InChI is InChI=1S/C15H16BrNO/c1-11-3-7-14(8-4-11)18-15-9-13(16)6-5-12(15)10-17-2/h3-9,17H,10H2,1-2H3. The Balaban J connectivity index is 2.26. The fourth-order valence-corrected chi connectivity index (χ4v) is 2.03. The first kappa shape index (κ1) is 13.1. The van der Waals surface area contributed by atoms with E-state index in [-0.39, 0.29) is 0 Å². The first-order valence-corrected chi connectivity index (χ1v) is 6.66. The van der Waals surface area contributed by atoms with Gasteiger partial charge in [-0.15, -0.1) is 0 Å². The molecule has 0 radical (unpaired) electrons. The molecule has 0 bridgehead atoms. The zero-order valence-corrected chi connectivity index (χ0v) is 12.1. The molecule has 0 saturated carbocycles. The summed E-state index contributed by atoms with van der Waals surface area (Å²) in [5.41, 5.74) is 2.37. The van der Waals surface area contributed by atoms with Crippen LogP contribution in [0.1, 0.15) is 11.1 Å². The minimum atomic E-state index is 0.786. The number of hydrogen-bond acceptors (Lipinski definition) is 2. The van der Waals surface area contributed by atoms with Crippen molar-refractivity contribution < 1.29 is 4.74 Å². The highest BCUT2D eigenvalue weighted by atomic mass is 79.9. The van der Waals surface area contributed by atoms with Gasteiger partial charge in [-0.1, -0.05) is 39.7 Å². The molecule has 2 aromatic rings. The van der Waals surface area contributed by atoms with Gasteiger partial charge in [0.1, 0.15) is 11.5 Å².